The maximum Gasteiger partial charge on any atom is 0.321 e. The molecule has 33 heavy (non-hydrogen) atoms. The van der Waals surface area contributed by atoms with Crippen molar-refractivity contribution in [2.75, 3.05) is 34.3 Å². The summed E-state index contributed by atoms with van der Waals surface area (Å²) in [5.74, 6) is 0.313. The van der Waals surface area contributed by atoms with Gasteiger partial charge >= 0.3 is 6.03 Å². The number of primary amides is 1. The van der Waals surface area contributed by atoms with Crippen molar-refractivity contribution in [3.63, 3.8) is 0 Å². The standard InChI is InChI=1S/C26H34N4O3/c1-28(2)26(21-7-5-4-6-8-21)15-13-25(14-16-26)19-29(24(32)30(25)18-23(27)31)17-20-9-11-22(33-3)12-10-20/h4-12H,13-19H2,1-3H3,(H2,27,31)/t25-,26+. The number of carbonyl (C=O) groups is 2. The van der Waals surface area contributed by atoms with E-state index in [-0.39, 0.29) is 23.7 Å². The van der Waals surface area contributed by atoms with Crippen molar-refractivity contribution in [1.29, 1.82) is 0 Å². The second-order valence-corrected chi connectivity index (χ2v) is 9.56. The van der Waals surface area contributed by atoms with Crippen molar-refractivity contribution in [2.45, 2.75) is 43.3 Å². The molecule has 1 saturated carbocycles. The molecule has 2 fully saturated rings. The van der Waals surface area contributed by atoms with Crippen LogP contribution in [-0.2, 0) is 16.9 Å². The summed E-state index contributed by atoms with van der Waals surface area (Å²) in [5.41, 5.74) is 7.43. The molecule has 7 nitrogen and oxygen atoms in total. The number of rotatable bonds is 7. The van der Waals surface area contributed by atoms with Gasteiger partial charge in [0.05, 0.1) is 12.6 Å². The molecule has 4 rings (SSSR count). The summed E-state index contributed by atoms with van der Waals surface area (Å²) in [6, 6.07) is 18.2. The van der Waals surface area contributed by atoms with Gasteiger partial charge in [0.2, 0.25) is 5.91 Å². The average Bonchev–Trinajstić information content (AvgIpc) is 3.05. The van der Waals surface area contributed by atoms with Gasteiger partial charge in [-0.05, 0) is 63.0 Å². The minimum atomic E-state index is -0.471. The number of benzene rings is 2. The van der Waals surface area contributed by atoms with Gasteiger partial charge in [0, 0.05) is 18.6 Å². The molecule has 1 heterocycles. The van der Waals surface area contributed by atoms with E-state index in [1.54, 1.807) is 12.0 Å². The summed E-state index contributed by atoms with van der Waals surface area (Å²) in [4.78, 5) is 31.2. The second kappa shape index (κ2) is 9.06. The van der Waals surface area contributed by atoms with Gasteiger partial charge in [0.25, 0.3) is 0 Å². The van der Waals surface area contributed by atoms with E-state index < -0.39 is 5.91 Å². The predicted molar refractivity (Wildman–Crippen MR) is 128 cm³/mol. The number of hydrogen-bond donors (Lipinski definition) is 1. The molecule has 1 spiro atoms. The van der Waals surface area contributed by atoms with Crippen molar-refractivity contribution in [2.24, 2.45) is 5.73 Å². The number of urea groups is 1. The maximum atomic E-state index is 13.4. The van der Waals surface area contributed by atoms with Crippen LogP contribution in [0.4, 0.5) is 4.79 Å². The van der Waals surface area contributed by atoms with Gasteiger partial charge in [0.1, 0.15) is 12.3 Å². The highest BCUT2D eigenvalue weighted by molar-refractivity contribution is 5.85. The summed E-state index contributed by atoms with van der Waals surface area (Å²) in [6.07, 6.45) is 3.45. The maximum absolute atomic E-state index is 13.4. The third-order valence-electron chi connectivity index (χ3n) is 7.58. The summed E-state index contributed by atoms with van der Waals surface area (Å²) in [6.45, 7) is 1.05. The summed E-state index contributed by atoms with van der Waals surface area (Å²) in [7, 11) is 5.89. The van der Waals surface area contributed by atoms with Crippen LogP contribution in [-0.4, -0.2) is 66.5 Å². The molecule has 2 aromatic rings. The van der Waals surface area contributed by atoms with Crippen molar-refractivity contribution in [3.8, 4) is 5.75 Å². The SMILES string of the molecule is COc1ccc(CN2C[C@]3(CC[C@](c4ccccc4)(N(C)C)CC3)N(CC(N)=O)C2=O)cc1. The molecular weight excluding hydrogens is 416 g/mol. The number of nitrogens with zero attached hydrogens (tertiary/aromatic N) is 3. The van der Waals surface area contributed by atoms with E-state index in [4.69, 9.17) is 10.5 Å². The van der Waals surface area contributed by atoms with Crippen LogP contribution in [0.2, 0.25) is 0 Å². The Balaban J connectivity index is 1.58. The van der Waals surface area contributed by atoms with Crippen molar-refractivity contribution >= 4 is 11.9 Å². The molecule has 0 bridgehead atoms. The smallest absolute Gasteiger partial charge is 0.321 e. The number of carbonyl (C=O) groups excluding carboxylic acids is 2. The Morgan fingerprint density at radius 3 is 2.21 bits per heavy atom. The highest BCUT2D eigenvalue weighted by Crippen LogP contribution is 2.49. The minimum absolute atomic E-state index is 0.0434. The predicted octanol–water partition coefficient (Wildman–Crippen LogP) is 3.19. The molecule has 2 N–H and O–H groups in total. The van der Waals surface area contributed by atoms with E-state index in [1.807, 2.05) is 35.2 Å². The molecule has 1 aliphatic carbocycles. The fourth-order valence-corrected chi connectivity index (χ4v) is 5.65. The van der Waals surface area contributed by atoms with E-state index in [2.05, 4.69) is 43.3 Å². The van der Waals surface area contributed by atoms with E-state index >= 15 is 0 Å². The van der Waals surface area contributed by atoms with Crippen molar-refractivity contribution < 1.29 is 14.3 Å². The normalized spacial score (nSPS) is 25.2. The number of hydrogen-bond acceptors (Lipinski definition) is 4. The Bertz CT molecular complexity index is 982. The van der Waals surface area contributed by atoms with Gasteiger partial charge < -0.3 is 20.3 Å². The fraction of sp³-hybridized carbons (Fsp3) is 0.462. The van der Waals surface area contributed by atoms with Crippen LogP contribution in [0, 0.1) is 0 Å². The lowest BCUT2D eigenvalue weighted by atomic mass is 9.68. The first-order valence-electron chi connectivity index (χ1n) is 11.5. The van der Waals surface area contributed by atoms with Gasteiger partial charge in [-0.1, -0.05) is 42.5 Å². The Morgan fingerprint density at radius 2 is 1.67 bits per heavy atom. The van der Waals surface area contributed by atoms with E-state index in [0.717, 1.165) is 37.0 Å². The lowest BCUT2D eigenvalue weighted by molar-refractivity contribution is -0.119. The Morgan fingerprint density at radius 1 is 1.03 bits per heavy atom. The molecular formula is C26H34N4O3. The van der Waals surface area contributed by atoms with Crippen molar-refractivity contribution in [1.82, 2.24) is 14.7 Å². The largest absolute Gasteiger partial charge is 0.497 e. The van der Waals surface area contributed by atoms with Crippen molar-refractivity contribution in [3.05, 3.63) is 65.7 Å². The van der Waals surface area contributed by atoms with Gasteiger partial charge in [-0.15, -0.1) is 0 Å². The molecule has 2 aromatic carbocycles. The summed E-state index contributed by atoms with van der Waals surface area (Å²) in [5, 5.41) is 0. The molecule has 0 radical (unpaired) electrons. The zero-order chi connectivity index (χ0) is 23.6. The molecule has 0 aromatic heterocycles. The van der Waals surface area contributed by atoms with E-state index in [9.17, 15) is 9.59 Å². The van der Waals surface area contributed by atoms with Crippen LogP contribution >= 0.6 is 0 Å². The lowest BCUT2D eigenvalue weighted by Gasteiger charge is -2.50. The van der Waals surface area contributed by atoms with Gasteiger partial charge in [-0.25, -0.2) is 4.79 Å². The van der Waals surface area contributed by atoms with Crippen LogP contribution < -0.4 is 10.5 Å². The zero-order valence-corrected chi connectivity index (χ0v) is 19.8. The van der Waals surface area contributed by atoms with Crippen LogP contribution in [0.5, 0.6) is 5.75 Å². The van der Waals surface area contributed by atoms with Crippen LogP contribution in [0.15, 0.2) is 54.6 Å². The van der Waals surface area contributed by atoms with Gasteiger partial charge in [-0.3, -0.25) is 9.69 Å². The van der Waals surface area contributed by atoms with E-state index in [0.29, 0.717) is 13.1 Å². The Kier molecular flexibility index (Phi) is 6.34. The fourth-order valence-electron chi connectivity index (χ4n) is 5.65. The van der Waals surface area contributed by atoms with Crippen LogP contribution in [0.3, 0.4) is 0 Å². The van der Waals surface area contributed by atoms with Crippen LogP contribution in [0.25, 0.3) is 0 Å². The monoisotopic (exact) mass is 450 g/mol. The zero-order valence-electron chi connectivity index (χ0n) is 19.8. The molecule has 0 unspecified atom stereocenters. The molecule has 1 aliphatic heterocycles. The minimum Gasteiger partial charge on any atom is -0.497 e. The lowest BCUT2D eigenvalue weighted by Crippen LogP contribution is -2.56. The Labute approximate surface area is 196 Å². The van der Waals surface area contributed by atoms with Gasteiger partial charge in [-0.2, -0.15) is 0 Å². The quantitative estimate of drug-likeness (QED) is 0.703. The number of ether oxygens (including phenoxy) is 1. The summed E-state index contributed by atoms with van der Waals surface area (Å²) >= 11 is 0. The van der Waals surface area contributed by atoms with Gasteiger partial charge in [0.15, 0.2) is 0 Å². The first-order valence-corrected chi connectivity index (χ1v) is 11.5. The van der Waals surface area contributed by atoms with Crippen LogP contribution in [0.1, 0.15) is 36.8 Å². The van der Waals surface area contributed by atoms with E-state index in [1.165, 1.54) is 5.56 Å². The second-order valence-electron chi connectivity index (χ2n) is 9.56. The first-order chi connectivity index (χ1) is 15.8. The molecule has 176 valence electrons. The average molecular weight is 451 g/mol. The summed E-state index contributed by atoms with van der Waals surface area (Å²) < 4.78 is 5.24. The number of methoxy groups -OCH3 is 1. The Hall–Kier alpha value is -3.06. The highest BCUT2D eigenvalue weighted by atomic mass is 16.5. The third-order valence-corrected chi connectivity index (χ3v) is 7.58. The first kappa shape index (κ1) is 23.1. The molecule has 3 amide bonds. The number of amides is 3. The molecule has 1 saturated heterocycles. The number of nitrogens with two attached hydrogens (primary N) is 1. The topological polar surface area (TPSA) is 79.1 Å². The molecule has 2 aliphatic rings. The molecule has 7 heteroatoms. The third kappa shape index (κ3) is 4.29. The molecule has 0 atom stereocenters. The highest BCUT2D eigenvalue weighted by Gasteiger charge is 2.54.